The van der Waals surface area contributed by atoms with Gasteiger partial charge in [0.05, 0.1) is 22.7 Å². The Morgan fingerprint density at radius 1 is 0.683 bits per heavy atom. The first-order valence-corrected chi connectivity index (χ1v) is 13.3. The van der Waals surface area contributed by atoms with Crippen molar-refractivity contribution in [3.05, 3.63) is 89.5 Å². The van der Waals surface area contributed by atoms with Gasteiger partial charge in [-0.15, -0.1) is 20.5 Å². The number of azo groups is 3. The Bertz CT molecular complexity index is 1850. The highest BCUT2D eigenvalue weighted by Crippen LogP contribution is 2.49. The van der Waals surface area contributed by atoms with E-state index in [-0.39, 0.29) is 28.4 Å². The number of anilines is 2. The van der Waals surface area contributed by atoms with Crippen molar-refractivity contribution >= 4 is 61.6 Å². The van der Waals surface area contributed by atoms with Crippen molar-refractivity contribution in [2.24, 2.45) is 30.7 Å². The van der Waals surface area contributed by atoms with Crippen LogP contribution in [0.1, 0.15) is 21.5 Å². The van der Waals surface area contributed by atoms with Gasteiger partial charge >= 0.3 is 5.97 Å². The molecular formula is C27H24N8O5S. The molecule has 0 fully saturated rings. The Morgan fingerprint density at radius 3 is 1.66 bits per heavy atom. The van der Waals surface area contributed by atoms with Crippen LogP contribution in [0.2, 0.25) is 0 Å². The van der Waals surface area contributed by atoms with E-state index in [2.05, 4.69) is 30.7 Å². The second-order valence-corrected chi connectivity index (χ2v) is 10.2. The van der Waals surface area contributed by atoms with Crippen molar-refractivity contribution < 1.29 is 22.9 Å². The molecule has 0 heterocycles. The average Bonchev–Trinajstić information content (AvgIpc) is 2.91. The Morgan fingerprint density at radius 2 is 1.17 bits per heavy atom. The summed E-state index contributed by atoms with van der Waals surface area (Å²) < 4.78 is 33.2. The monoisotopic (exact) mass is 572 g/mol. The van der Waals surface area contributed by atoms with Crippen molar-refractivity contribution in [3.8, 4) is 0 Å². The second-order valence-electron chi connectivity index (χ2n) is 8.77. The molecule has 0 saturated carbocycles. The summed E-state index contributed by atoms with van der Waals surface area (Å²) in [4.78, 5) is 11.9. The Labute approximate surface area is 234 Å². The van der Waals surface area contributed by atoms with Crippen LogP contribution in [-0.4, -0.2) is 24.0 Å². The SMILES string of the molecule is Cc1cccc(/N=N/c2c(N)c(/N=N/c3cccc(C)c3)c(C(=O)O)c(/N=N/c3ccccc3S(=O)(=O)O)c2N)c1. The highest BCUT2D eigenvalue weighted by molar-refractivity contribution is 7.86. The quantitative estimate of drug-likeness (QED) is 0.0936. The maximum absolute atomic E-state index is 12.5. The number of carboxylic acid groups (broad SMARTS) is 1. The minimum Gasteiger partial charge on any atom is -0.478 e. The maximum atomic E-state index is 12.5. The van der Waals surface area contributed by atoms with E-state index in [1.807, 2.05) is 26.0 Å². The van der Waals surface area contributed by atoms with Crippen molar-refractivity contribution in [1.29, 1.82) is 0 Å². The standard InChI is InChI=1S/C27H24N8O5S/c1-15-7-5-9-17(13-15)30-33-24-21(27(36)37)25(34-32-19-11-3-4-12-20(19)41(38,39)40)23(29)26(22(24)28)35-31-18-10-6-8-16(2)14-18/h3-14H,28-29H2,1-2H3,(H,36,37)(H,38,39,40)/b33-30+,34-32+,35-31+. The third-order valence-corrected chi connectivity index (χ3v) is 6.54. The van der Waals surface area contributed by atoms with Crippen LogP contribution in [0.15, 0.2) is 108 Å². The Balaban J connectivity index is 1.97. The van der Waals surface area contributed by atoms with E-state index in [0.29, 0.717) is 11.4 Å². The summed E-state index contributed by atoms with van der Waals surface area (Å²) in [6.07, 6.45) is 0. The van der Waals surface area contributed by atoms with Gasteiger partial charge in [-0.3, -0.25) is 4.55 Å². The van der Waals surface area contributed by atoms with Crippen LogP contribution in [0, 0.1) is 13.8 Å². The molecule has 0 aliphatic carbocycles. The van der Waals surface area contributed by atoms with Crippen LogP contribution < -0.4 is 11.5 Å². The van der Waals surface area contributed by atoms with E-state index in [9.17, 15) is 22.9 Å². The zero-order valence-corrected chi connectivity index (χ0v) is 22.6. The van der Waals surface area contributed by atoms with E-state index in [1.165, 1.54) is 18.2 Å². The predicted molar refractivity (Wildman–Crippen MR) is 153 cm³/mol. The number of aryl methyl sites for hydroxylation is 2. The molecule has 0 saturated heterocycles. The fourth-order valence-corrected chi connectivity index (χ4v) is 4.35. The first-order chi connectivity index (χ1) is 19.5. The van der Waals surface area contributed by atoms with Gasteiger partial charge in [-0.05, 0) is 61.4 Å². The molecule has 208 valence electrons. The smallest absolute Gasteiger partial charge is 0.340 e. The summed E-state index contributed by atoms with van der Waals surface area (Å²) in [5, 5.41) is 34.5. The van der Waals surface area contributed by atoms with Crippen LogP contribution >= 0.6 is 0 Å². The van der Waals surface area contributed by atoms with Gasteiger partial charge in [-0.1, -0.05) is 36.4 Å². The van der Waals surface area contributed by atoms with Gasteiger partial charge in [0.2, 0.25) is 0 Å². The highest BCUT2D eigenvalue weighted by atomic mass is 32.2. The number of hydrogen-bond donors (Lipinski definition) is 4. The topological polar surface area (TPSA) is 218 Å². The summed E-state index contributed by atoms with van der Waals surface area (Å²) in [6.45, 7) is 3.72. The van der Waals surface area contributed by atoms with Crippen LogP contribution in [0.4, 0.5) is 45.5 Å². The molecule has 0 radical (unpaired) electrons. The Kier molecular flexibility index (Phi) is 8.26. The van der Waals surface area contributed by atoms with Crippen LogP contribution in [0.25, 0.3) is 0 Å². The van der Waals surface area contributed by atoms with Crippen LogP contribution in [0.3, 0.4) is 0 Å². The molecule has 0 unspecified atom stereocenters. The molecule has 0 aliphatic rings. The predicted octanol–water partition coefficient (Wildman–Crippen LogP) is 7.66. The summed E-state index contributed by atoms with van der Waals surface area (Å²) in [6, 6.07) is 19.3. The minimum absolute atomic E-state index is 0.147. The third-order valence-electron chi connectivity index (χ3n) is 5.64. The van der Waals surface area contributed by atoms with Crippen molar-refractivity contribution in [2.75, 3.05) is 11.5 Å². The molecule has 14 heteroatoms. The van der Waals surface area contributed by atoms with E-state index in [1.54, 1.807) is 36.4 Å². The van der Waals surface area contributed by atoms with Gasteiger partial charge in [0.25, 0.3) is 10.1 Å². The normalized spacial score (nSPS) is 12.1. The number of carboxylic acids is 1. The lowest BCUT2D eigenvalue weighted by Gasteiger charge is -2.13. The first kappa shape index (κ1) is 28.7. The second kappa shape index (κ2) is 11.8. The minimum atomic E-state index is -4.67. The first-order valence-electron chi connectivity index (χ1n) is 11.9. The molecule has 6 N–H and O–H groups in total. The number of hydrogen-bond acceptors (Lipinski definition) is 11. The maximum Gasteiger partial charge on any atom is 0.340 e. The zero-order valence-electron chi connectivity index (χ0n) is 21.8. The number of rotatable bonds is 8. The van der Waals surface area contributed by atoms with E-state index >= 15 is 0 Å². The fraction of sp³-hybridized carbons (Fsp3) is 0.0741. The number of nitrogens with two attached hydrogens (primary N) is 2. The molecule has 0 atom stereocenters. The van der Waals surface area contributed by atoms with Crippen LogP contribution in [0.5, 0.6) is 0 Å². The van der Waals surface area contributed by atoms with E-state index in [4.69, 9.17) is 11.5 Å². The number of aromatic carboxylic acids is 1. The fourth-order valence-electron chi connectivity index (χ4n) is 3.73. The molecule has 0 aliphatic heterocycles. The lowest BCUT2D eigenvalue weighted by Crippen LogP contribution is -2.04. The third kappa shape index (κ3) is 6.63. The van der Waals surface area contributed by atoms with Gasteiger partial charge in [0, 0.05) is 0 Å². The molecule has 4 aromatic carbocycles. The lowest BCUT2D eigenvalue weighted by molar-refractivity contribution is 0.0698. The molecule has 0 bridgehead atoms. The summed E-state index contributed by atoms with van der Waals surface area (Å²) >= 11 is 0. The molecule has 13 nitrogen and oxygen atoms in total. The largest absolute Gasteiger partial charge is 0.478 e. The number of nitrogens with zero attached hydrogens (tertiary/aromatic N) is 6. The molecule has 41 heavy (non-hydrogen) atoms. The molecule has 4 rings (SSSR count). The van der Waals surface area contributed by atoms with Gasteiger partial charge in [0.1, 0.15) is 33.2 Å². The Hall–Kier alpha value is -5.34. The number of carbonyl (C=O) groups is 1. The van der Waals surface area contributed by atoms with Gasteiger partial charge in [-0.25, -0.2) is 4.79 Å². The molecule has 4 aromatic rings. The zero-order chi connectivity index (χ0) is 29.7. The van der Waals surface area contributed by atoms with Crippen molar-refractivity contribution in [1.82, 2.24) is 0 Å². The molecule has 0 amide bonds. The highest BCUT2D eigenvalue weighted by Gasteiger charge is 2.27. The van der Waals surface area contributed by atoms with Gasteiger partial charge in [-0.2, -0.15) is 18.6 Å². The van der Waals surface area contributed by atoms with Crippen molar-refractivity contribution in [3.63, 3.8) is 0 Å². The average molecular weight is 573 g/mol. The summed E-state index contributed by atoms with van der Waals surface area (Å²) in [5.41, 5.74) is 13.1. The van der Waals surface area contributed by atoms with E-state index < -0.39 is 32.2 Å². The summed E-state index contributed by atoms with van der Waals surface area (Å²) in [5.74, 6) is -1.51. The van der Waals surface area contributed by atoms with Gasteiger partial charge < -0.3 is 16.6 Å². The van der Waals surface area contributed by atoms with E-state index in [0.717, 1.165) is 17.2 Å². The summed E-state index contributed by atoms with van der Waals surface area (Å²) in [7, 11) is -4.67. The molecular weight excluding hydrogens is 548 g/mol. The number of benzene rings is 4. The van der Waals surface area contributed by atoms with Crippen molar-refractivity contribution in [2.45, 2.75) is 18.7 Å². The molecule has 0 aromatic heterocycles. The van der Waals surface area contributed by atoms with Crippen LogP contribution in [-0.2, 0) is 10.1 Å². The lowest BCUT2D eigenvalue weighted by atomic mass is 10.1. The number of nitrogen functional groups attached to an aromatic ring is 2. The van der Waals surface area contributed by atoms with Gasteiger partial charge in [0.15, 0.2) is 0 Å². The molecule has 0 spiro atoms.